The van der Waals surface area contributed by atoms with Gasteiger partial charge in [-0.25, -0.2) is 0 Å². The van der Waals surface area contributed by atoms with Gasteiger partial charge in [0.25, 0.3) is 0 Å². The van der Waals surface area contributed by atoms with E-state index >= 15 is 0 Å². The fraction of sp³-hybridized carbons (Fsp3) is 0.522. The predicted molar refractivity (Wildman–Crippen MR) is 110 cm³/mol. The average molecular weight is 406 g/mol. The van der Waals surface area contributed by atoms with Gasteiger partial charge in [0.05, 0.1) is 11.3 Å². The first-order valence-corrected chi connectivity index (χ1v) is 10.3. The zero-order chi connectivity index (χ0) is 20.9. The Morgan fingerprint density at radius 3 is 2.72 bits per heavy atom. The third-order valence-electron chi connectivity index (χ3n) is 5.52. The van der Waals surface area contributed by atoms with Gasteiger partial charge < -0.3 is 9.80 Å². The third-order valence-corrected chi connectivity index (χ3v) is 5.52. The molecule has 0 amide bonds. The van der Waals surface area contributed by atoms with Crippen molar-refractivity contribution in [2.75, 3.05) is 33.2 Å². The molecule has 0 saturated carbocycles. The molecule has 0 unspecified atom stereocenters. The maximum absolute atomic E-state index is 12.9. The zero-order valence-electron chi connectivity index (χ0n) is 17.3. The molecule has 1 aliphatic rings. The van der Waals surface area contributed by atoms with Crippen molar-refractivity contribution in [1.82, 2.24) is 14.8 Å². The molecule has 0 spiro atoms. The Balaban J connectivity index is 1.48. The van der Waals surface area contributed by atoms with E-state index in [4.69, 9.17) is 0 Å². The highest BCUT2D eigenvalue weighted by atomic mass is 19.4. The maximum atomic E-state index is 12.9. The number of aryl methyl sites for hydroxylation is 1. The van der Waals surface area contributed by atoms with Crippen molar-refractivity contribution in [1.29, 1.82) is 0 Å². The minimum Gasteiger partial charge on any atom is -0.303 e. The number of nitrogens with zero attached hydrogens (tertiary/aromatic N) is 3. The summed E-state index contributed by atoms with van der Waals surface area (Å²) in [6.07, 6.45) is -1.28. The number of piperidine rings is 1. The summed E-state index contributed by atoms with van der Waals surface area (Å²) in [5, 5.41) is 0. The first kappa shape index (κ1) is 21.8. The number of benzene rings is 1. The van der Waals surface area contributed by atoms with Crippen LogP contribution in [0.3, 0.4) is 0 Å². The Hall–Kier alpha value is -1.92. The molecule has 3 rings (SSSR count). The molecule has 2 heterocycles. The summed E-state index contributed by atoms with van der Waals surface area (Å²) in [7, 11) is 2.13. The van der Waals surface area contributed by atoms with Gasteiger partial charge in [-0.1, -0.05) is 24.3 Å². The van der Waals surface area contributed by atoms with E-state index in [1.165, 1.54) is 18.6 Å². The van der Waals surface area contributed by atoms with Crippen molar-refractivity contribution >= 4 is 0 Å². The molecular formula is C23H30F3N3. The second-order valence-corrected chi connectivity index (χ2v) is 8.22. The minimum atomic E-state index is -4.27. The molecule has 1 saturated heterocycles. The summed E-state index contributed by atoms with van der Waals surface area (Å²) >= 11 is 0. The number of likely N-dealkylation sites (tertiary alicyclic amines) is 1. The van der Waals surface area contributed by atoms with Crippen molar-refractivity contribution in [3.8, 4) is 0 Å². The van der Waals surface area contributed by atoms with Crippen LogP contribution in [-0.4, -0.2) is 48.0 Å². The number of hydrogen-bond donors (Lipinski definition) is 0. The molecule has 158 valence electrons. The van der Waals surface area contributed by atoms with E-state index in [1.54, 1.807) is 6.07 Å². The number of pyridine rings is 1. The van der Waals surface area contributed by atoms with Gasteiger partial charge >= 0.3 is 6.18 Å². The molecule has 29 heavy (non-hydrogen) atoms. The lowest BCUT2D eigenvalue weighted by atomic mass is 9.97. The van der Waals surface area contributed by atoms with Gasteiger partial charge in [0.1, 0.15) is 0 Å². The Morgan fingerprint density at radius 1 is 1.17 bits per heavy atom. The molecule has 2 aromatic rings. The number of halogens is 3. The van der Waals surface area contributed by atoms with Gasteiger partial charge in [-0.3, -0.25) is 4.98 Å². The van der Waals surface area contributed by atoms with Crippen molar-refractivity contribution in [3.63, 3.8) is 0 Å². The third kappa shape index (κ3) is 6.82. The Kier molecular flexibility index (Phi) is 7.30. The summed E-state index contributed by atoms with van der Waals surface area (Å²) in [5.41, 5.74) is 2.32. The monoisotopic (exact) mass is 405 g/mol. The van der Waals surface area contributed by atoms with Crippen LogP contribution in [0.2, 0.25) is 0 Å². The van der Waals surface area contributed by atoms with Crippen LogP contribution < -0.4 is 0 Å². The quantitative estimate of drug-likeness (QED) is 0.660. The smallest absolute Gasteiger partial charge is 0.303 e. The molecule has 1 fully saturated rings. The van der Waals surface area contributed by atoms with Crippen LogP contribution in [0.15, 0.2) is 42.5 Å². The van der Waals surface area contributed by atoms with E-state index in [1.807, 2.05) is 19.1 Å². The van der Waals surface area contributed by atoms with Crippen molar-refractivity contribution in [3.05, 3.63) is 65.0 Å². The van der Waals surface area contributed by atoms with Gasteiger partial charge in [-0.2, -0.15) is 13.2 Å². The number of aromatic nitrogens is 1. The lowest BCUT2D eigenvalue weighted by Crippen LogP contribution is -2.40. The van der Waals surface area contributed by atoms with Crippen LogP contribution in [0.25, 0.3) is 0 Å². The molecule has 0 radical (unpaired) electrons. The van der Waals surface area contributed by atoms with Crippen molar-refractivity contribution in [2.45, 2.75) is 38.9 Å². The summed E-state index contributed by atoms with van der Waals surface area (Å²) in [6.45, 7) is 6.69. The fourth-order valence-corrected chi connectivity index (χ4v) is 4.16. The van der Waals surface area contributed by atoms with Gasteiger partial charge in [0, 0.05) is 31.9 Å². The van der Waals surface area contributed by atoms with E-state index in [-0.39, 0.29) is 0 Å². The molecule has 1 aromatic carbocycles. The second kappa shape index (κ2) is 9.72. The molecule has 1 aliphatic heterocycles. The van der Waals surface area contributed by atoms with Crippen LogP contribution in [0.4, 0.5) is 13.2 Å². The van der Waals surface area contributed by atoms with Gasteiger partial charge in [0.15, 0.2) is 0 Å². The zero-order valence-corrected chi connectivity index (χ0v) is 17.3. The summed E-state index contributed by atoms with van der Waals surface area (Å²) in [5.74, 6) is 0.583. The van der Waals surface area contributed by atoms with Crippen LogP contribution in [0, 0.1) is 12.8 Å². The number of rotatable bonds is 7. The molecular weight excluding hydrogens is 375 g/mol. The predicted octanol–water partition coefficient (Wildman–Crippen LogP) is 4.80. The standard InChI is InChI=1S/C23H30F3N3/c1-18-6-3-10-22(27-18)17-28(2)15-20-8-5-12-29(16-20)13-11-19-7-4-9-21(14-19)23(24,25)26/h3-4,6-7,9-10,14,20H,5,8,11-13,15-17H2,1-2H3/t20-/m1/s1. The first-order valence-electron chi connectivity index (χ1n) is 10.3. The lowest BCUT2D eigenvalue weighted by Gasteiger charge is -2.34. The molecule has 0 bridgehead atoms. The summed E-state index contributed by atoms with van der Waals surface area (Å²) < 4.78 is 38.7. The maximum Gasteiger partial charge on any atom is 0.416 e. The van der Waals surface area contributed by atoms with Crippen LogP contribution in [-0.2, 0) is 19.1 Å². The Bertz CT molecular complexity index is 791. The average Bonchev–Trinajstić information content (AvgIpc) is 2.66. The van der Waals surface area contributed by atoms with Gasteiger partial charge in [-0.15, -0.1) is 0 Å². The highest BCUT2D eigenvalue weighted by Crippen LogP contribution is 2.29. The van der Waals surface area contributed by atoms with Crippen LogP contribution >= 0.6 is 0 Å². The lowest BCUT2D eigenvalue weighted by molar-refractivity contribution is -0.137. The fourth-order valence-electron chi connectivity index (χ4n) is 4.16. The second-order valence-electron chi connectivity index (χ2n) is 8.22. The van der Waals surface area contributed by atoms with Crippen molar-refractivity contribution < 1.29 is 13.2 Å². The first-order chi connectivity index (χ1) is 13.8. The SMILES string of the molecule is Cc1cccc(CN(C)C[C@H]2CCCN(CCc3cccc(C(F)(F)F)c3)C2)n1. The Labute approximate surface area is 171 Å². The highest BCUT2D eigenvalue weighted by molar-refractivity contribution is 5.25. The van der Waals surface area contributed by atoms with E-state index in [0.29, 0.717) is 12.3 Å². The van der Waals surface area contributed by atoms with Gasteiger partial charge in [0.2, 0.25) is 0 Å². The molecule has 1 atom stereocenters. The molecule has 1 aromatic heterocycles. The summed E-state index contributed by atoms with van der Waals surface area (Å²) in [4.78, 5) is 9.29. The molecule has 3 nitrogen and oxygen atoms in total. The number of hydrogen-bond acceptors (Lipinski definition) is 3. The molecule has 0 N–H and O–H groups in total. The van der Waals surface area contributed by atoms with Gasteiger partial charge in [-0.05, 0) is 69.5 Å². The largest absolute Gasteiger partial charge is 0.416 e. The molecule has 6 heteroatoms. The molecule has 0 aliphatic carbocycles. The van der Waals surface area contributed by atoms with E-state index < -0.39 is 11.7 Å². The summed E-state index contributed by atoms with van der Waals surface area (Å²) in [6, 6.07) is 11.8. The Morgan fingerprint density at radius 2 is 1.97 bits per heavy atom. The topological polar surface area (TPSA) is 19.4 Å². The van der Waals surface area contributed by atoms with Crippen molar-refractivity contribution in [2.24, 2.45) is 5.92 Å². The van der Waals surface area contributed by atoms with E-state index in [2.05, 4.69) is 27.9 Å². The van der Waals surface area contributed by atoms with E-state index in [9.17, 15) is 13.2 Å². The minimum absolute atomic E-state index is 0.557. The van der Waals surface area contributed by atoms with E-state index in [0.717, 1.165) is 62.2 Å². The highest BCUT2D eigenvalue weighted by Gasteiger charge is 2.30. The van der Waals surface area contributed by atoms with Crippen LogP contribution in [0.1, 0.15) is 35.4 Å². The van der Waals surface area contributed by atoms with Crippen LogP contribution in [0.5, 0.6) is 0 Å². The number of alkyl halides is 3. The normalized spacial score (nSPS) is 18.3.